The van der Waals surface area contributed by atoms with Crippen LogP contribution in [0.5, 0.6) is 0 Å². The van der Waals surface area contributed by atoms with Gasteiger partial charge in [-0.25, -0.2) is 0 Å². The summed E-state index contributed by atoms with van der Waals surface area (Å²) >= 11 is 5.47. The van der Waals surface area contributed by atoms with Crippen LogP contribution >= 0.6 is 12.2 Å². The Morgan fingerprint density at radius 3 is 2.67 bits per heavy atom. The van der Waals surface area contributed by atoms with E-state index in [1.165, 1.54) is 0 Å². The first-order chi connectivity index (χ1) is 10.1. The molecular weight excluding hydrogens is 280 g/mol. The lowest BCUT2D eigenvalue weighted by Crippen LogP contribution is -2.12. The van der Waals surface area contributed by atoms with Crippen molar-refractivity contribution in [2.24, 2.45) is 0 Å². The van der Waals surface area contributed by atoms with Crippen LogP contribution in [-0.4, -0.2) is 23.6 Å². The Hall–Kier alpha value is -2.58. The first-order valence-electron chi connectivity index (χ1n) is 6.53. The molecule has 0 aliphatic carbocycles. The number of imidazole rings is 1. The van der Waals surface area contributed by atoms with Gasteiger partial charge in [0.25, 0.3) is 0 Å². The van der Waals surface area contributed by atoms with Crippen molar-refractivity contribution < 1.29 is 0 Å². The van der Waals surface area contributed by atoms with Crippen molar-refractivity contribution in [3.8, 4) is 11.8 Å². The zero-order valence-electron chi connectivity index (χ0n) is 11.8. The molecule has 0 amide bonds. The molecule has 3 aromatic rings. The van der Waals surface area contributed by atoms with Crippen LogP contribution in [0.1, 0.15) is 5.56 Å². The molecule has 1 heterocycles. The molecule has 0 saturated heterocycles. The molecule has 4 nitrogen and oxygen atoms in total. The van der Waals surface area contributed by atoms with E-state index in [1.54, 1.807) is 6.07 Å². The van der Waals surface area contributed by atoms with Gasteiger partial charge in [0.1, 0.15) is 0 Å². The van der Waals surface area contributed by atoms with Gasteiger partial charge in [0, 0.05) is 14.1 Å². The van der Waals surface area contributed by atoms with E-state index in [0.717, 1.165) is 22.4 Å². The first-order valence-corrected chi connectivity index (χ1v) is 6.94. The van der Waals surface area contributed by atoms with Gasteiger partial charge in [-0.1, -0.05) is 12.1 Å². The van der Waals surface area contributed by atoms with Crippen LogP contribution < -0.4 is 4.90 Å². The molecule has 0 aliphatic rings. The molecule has 0 spiro atoms. The highest BCUT2D eigenvalue weighted by molar-refractivity contribution is 7.71. The zero-order chi connectivity index (χ0) is 15.0. The Labute approximate surface area is 127 Å². The fraction of sp³-hybridized carbons (Fsp3) is 0.125. The molecule has 0 aliphatic heterocycles. The second-order valence-electron chi connectivity index (χ2n) is 4.99. The van der Waals surface area contributed by atoms with Crippen molar-refractivity contribution in [3.05, 3.63) is 52.8 Å². The number of para-hydroxylation sites is 2. The average Bonchev–Trinajstić information content (AvgIpc) is 2.81. The number of rotatable bonds is 2. The standard InChI is InChI=1S/C16H14N4S/c1-19(2)13-5-3-4-6-14(13)20-15-9-11(10-17)7-8-12(15)18-16(20)21/h3-9H,1-2H3,(H,18,21). The second-order valence-corrected chi connectivity index (χ2v) is 5.38. The first kappa shape index (κ1) is 13.4. The fourth-order valence-electron chi connectivity index (χ4n) is 2.44. The number of aromatic nitrogens is 2. The molecule has 0 saturated carbocycles. The van der Waals surface area contributed by atoms with Gasteiger partial charge in [-0.2, -0.15) is 5.26 Å². The smallest absolute Gasteiger partial charge is 0.182 e. The number of nitrogens with one attached hydrogen (secondary N) is 1. The molecule has 0 unspecified atom stereocenters. The van der Waals surface area contributed by atoms with Crippen molar-refractivity contribution in [1.29, 1.82) is 5.26 Å². The van der Waals surface area contributed by atoms with Crippen LogP contribution in [0.25, 0.3) is 16.7 Å². The molecule has 21 heavy (non-hydrogen) atoms. The molecule has 0 radical (unpaired) electrons. The van der Waals surface area contributed by atoms with Gasteiger partial charge < -0.3 is 9.88 Å². The van der Waals surface area contributed by atoms with E-state index in [9.17, 15) is 0 Å². The monoisotopic (exact) mass is 294 g/mol. The van der Waals surface area contributed by atoms with Gasteiger partial charge in [0.2, 0.25) is 0 Å². The third-order valence-corrected chi connectivity index (χ3v) is 3.70. The summed E-state index contributed by atoms with van der Waals surface area (Å²) in [4.78, 5) is 5.24. The van der Waals surface area contributed by atoms with Crippen LogP contribution in [0.15, 0.2) is 42.5 Å². The summed E-state index contributed by atoms with van der Waals surface area (Å²) in [7, 11) is 4.00. The molecular formula is C16H14N4S. The number of H-pyrrole nitrogens is 1. The van der Waals surface area contributed by atoms with Gasteiger partial charge >= 0.3 is 0 Å². The number of nitriles is 1. The summed E-state index contributed by atoms with van der Waals surface area (Å²) in [5.41, 5.74) is 4.51. The van der Waals surface area contributed by atoms with Gasteiger partial charge in [-0.3, -0.25) is 4.57 Å². The molecule has 0 fully saturated rings. The number of anilines is 1. The SMILES string of the molecule is CN(C)c1ccccc1-n1c(=S)[nH]c2ccc(C#N)cc21. The minimum absolute atomic E-state index is 0.618. The summed E-state index contributed by atoms with van der Waals surface area (Å²) < 4.78 is 2.59. The van der Waals surface area contributed by atoms with Crippen LogP contribution in [0, 0.1) is 16.1 Å². The highest BCUT2D eigenvalue weighted by Crippen LogP contribution is 2.27. The lowest BCUT2D eigenvalue weighted by Gasteiger charge is -2.18. The van der Waals surface area contributed by atoms with Crippen molar-refractivity contribution in [2.45, 2.75) is 0 Å². The van der Waals surface area contributed by atoms with Crippen molar-refractivity contribution >= 4 is 28.9 Å². The third-order valence-electron chi connectivity index (χ3n) is 3.42. The van der Waals surface area contributed by atoms with E-state index < -0.39 is 0 Å². The molecule has 3 rings (SSSR count). The van der Waals surface area contributed by atoms with Gasteiger partial charge in [0.15, 0.2) is 4.77 Å². The maximum Gasteiger partial charge on any atom is 0.182 e. The van der Waals surface area contributed by atoms with Crippen molar-refractivity contribution in [3.63, 3.8) is 0 Å². The van der Waals surface area contributed by atoms with E-state index in [2.05, 4.69) is 11.1 Å². The Balaban J connectivity index is 2.38. The number of hydrogen-bond donors (Lipinski definition) is 1. The Morgan fingerprint density at radius 1 is 1.19 bits per heavy atom. The highest BCUT2D eigenvalue weighted by atomic mass is 32.1. The van der Waals surface area contributed by atoms with Crippen LogP contribution in [0.4, 0.5) is 5.69 Å². The van der Waals surface area contributed by atoms with E-state index >= 15 is 0 Å². The maximum atomic E-state index is 9.10. The summed E-state index contributed by atoms with van der Waals surface area (Å²) in [5, 5.41) is 9.10. The minimum atomic E-state index is 0.618. The molecule has 1 N–H and O–H groups in total. The summed E-state index contributed by atoms with van der Waals surface area (Å²) in [6.45, 7) is 0. The van der Waals surface area contributed by atoms with Gasteiger partial charge in [-0.05, 0) is 42.5 Å². The second kappa shape index (κ2) is 5.08. The Bertz CT molecular complexity index is 912. The summed E-state index contributed by atoms with van der Waals surface area (Å²) in [6.07, 6.45) is 0. The average molecular weight is 294 g/mol. The van der Waals surface area contributed by atoms with E-state index in [-0.39, 0.29) is 0 Å². The molecule has 1 aromatic heterocycles. The predicted molar refractivity (Wildman–Crippen MR) is 87.5 cm³/mol. The van der Waals surface area contributed by atoms with E-state index in [4.69, 9.17) is 17.5 Å². The maximum absolute atomic E-state index is 9.10. The van der Waals surface area contributed by atoms with Crippen molar-refractivity contribution in [2.75, 3.05) is 19.0 Å². The van der Waals surface area contributed by atoms with Gasteiger partial charge in [-0.15, -0.1) is 0 Å². The number of hydrogen-bond acceptors (Lipinski definition) is 3. The quantitative estimate of drug-likeness (QED) is 0.734. The van der Waals surface area contributed by atoms with Crippen LogP contribution in [-0.2, 0) is 0 Å². The molecule has 2 aromatic carbocycles. The lowest BCUT2D eigenvalue weighted by atomic mass is 10.2. The zero-order valence-corrected chi connectivity index (χ0v) is 12.6. The molecule has 104 valence electrons. The van der Waals surface area contributed by atoms with Crippen LogP contribution in [0.2, 0.25) is 0 Å². The predicted octanol–water partition coefficient (Wildman–Crippen LogP) is 3.63. The highest BCUT2D eigenvalue weighted by Gasteiger charge is 2.11. The minimum Gasteiger partial charge on any atom is -0.376 e. The normalized spacial score (nSPS) is 10.5. The summed E-state index contributed by atoms with van der Waals surface area (Å²) in [6, 6.07) is 15.8. The van der Waals surface area contributed by atoms with Crippen LogP contribution in [0.3, 0.4) is 0 Å². The van der Waals surface area contributed by atoms with Gasteiger partial charge in [0.05, 0.1) is 34.0 Å². The number of nitrogens with zero attached hydrogens (tertiary/aromatic N) is 3. The Morgan fingerprint density at radius 2 is 1.95 bits per heavy atom. The van der Waals surface area contributed by atoms with E-state index in [0.29, 0.717) is 10.3 Å². The fourth-order valence-corrected chi connectivity index (χ4v) is 2.75. The Kier molecular flexibility index (Phi) is 3.24. The third kappa shape index (κ3) is 2.20. The molecule has 0 atom stereocenters. The molecule has 0 bridgehead atoms. The number of benzene rings is 2. The largest absolute Gasteiger partial charge is 0.376 e. The topological polar surface area (TPSA) is 47.8 Å². The lowest BCUT2D eigenvalue weighted by molar-refractivity contribution is 1.03. The summed E-state index contributed by atoms with van der Waals surface area (Å²) in [5.74, 6) is 0. The number of fused-ring (bicyclic) bond motifs is 1. The van der Waals surface area contributed by atoms with Crippen molar-refractivity contribution in [1.82, 2.24) is 9.55 Å². The van der Waals surface area contributed by atoms with E-state index in [1.807, 2.05) is 60.0 Å². The number of aromatic amines is 1. The molecule has 5 heteroatoms.